The summed E-state index contributed by atoms with van der Waals surface area (Å²) in [6, 6.07) is 15.4. The van der Waals surface area contributed by atoms with Crippen LogP contribution < -0.4 is 5.84 Å². The van der Waals surface area contributed by atoms with Crippen molar-refractivity contribution in [2.24, 2.45) is 10.8 Å². The predicted molar refractivity (Wildman–Crippen MR) is 113 cm³/mol. The van der Waals surface area contributed by atoms with Crippen molar-refractivity contribution in [3.05, 3.63) is 65.2 Å². The van der Waals surface area contributed by atoms with Crippen LogP contribution in [0.4, 0.5) is 0 Å². The largest absolute Gasteiger partial charge is 0.293 e. The summed E-state index contributed by atoms with van der Waals surface area (Å²) in [7, 11) is -3.34. The lowest BCUT2D eigenvalue weighted by Crippen LogP contribution is -2.34. The van der Waals surface area contributed by atoms with Crippen molar-refractivity contribution in [3.8, 4) is 0 Å². The molecule has 0 unspecified atom stereocenters. The van der Waals surface area contributed by atoms with Gasteiger partial charge in [-0.1, -0.05) is 36.4 Å². The normalized spacial score (nSPS) is 17.5. The number of amidine groups is 1. The number of hydrogen-bond acceptors (Lipinski definition) is 5. The molecule has 0 aliphatic carbocycles. The highest BCUT2D eigenvalue weighted by Gasteiger charge is 2.26. The molecule has 8 heteroatoms. The smallest absolute Gasteiger partial charge is 0.243 e. The van der Waals surface area contributed by atoms with Gasteiger partial charge in [0.2, 0.25) is 10.0 Å². The van der Waals surface area contributed by atoms with Crippen LogP contribution in [0.25, 0.3) is 0 Å². The lowest BCUT2D eigenvalue weighted by atomic mass is 10.0. The number of sulfonamides is 1. The lowest BCUT2D eigenvalue weighted by molar-refractivity contribution is 0.477. The Bertz CT molecular complexity index is 937. The minimum absolute atomic E-state index is 0. The number of hydrazine groups is 1. The molecule has 4 rings (SSSR count). The summed E-state index contributed by atoms with van der Waals surface area (Å²) in [6.45, 7) is 2.74. The van der Waals surface area contributed by atoms with Gasteiger partial charge in [0, 0.05) is 18.7 Å². The fourth-order valence-corrected chi connectivity index (χ4v) is 5.10. The molecule has 0 bridgehead atoms. The Morgan fingerprint density at radius 1 is 0.893 bits per heavy atom. The van der Waals surface area contributed by atoms with Crippen molar-refractivity contribution in [1.29, 1.82) is 0 Å². The molecule has 2 heterocycles. The molecule has 2 aliphatic rings. The molecule has 28 heavy (non-hydrogen) atoms. The molecular formula is C20H25ClN4O2S. The fourth-order valence-electron chi connectivity index (χ4n) is 3.58. The van der Waals surface area contributed by atoms with E-state index in [9.17, 15) is 8.42 Å². The maximum absolute atomic E-state index is 12.6. The van der Waals surface area contributed by atoms with E-state index in [-0.39, 0.29) is 12.4 Å². The average molecular weight is 421 g/mol. The van der Waals surface area contributed by atoms with Gasteiger partial charge in [-0.25, -0.2) is 14.3 Å². The van der Waals surface area contributed by atoms with Gasteiger partial charge in [-0.2, -0.15) is 4.31 Å². The highest BCUT2D eigenvalue weighted by Crippen LogP contribution is 2.22. The van der Waals surface area contributed by atoms with Crippen LogP contribution in [-0.2, 0) is 16.4 Å². The molecule has 0 saturated carbocycles. The van der Waals surface area contributed by atoms with Crippen LogP contribution in [0.15, 0.2) is 58.4 Å². The quantitative estimate of drug-likeness (QED) is 0.753. The average Bonchev–Trinajstić information content (AvgIpc) is 3.35. The molecule has 0 spiro atoms. The summed E-state index contributed by atoms with van der Waals surface area (Å²) >= 11 is 0. The molecule has 2 aliphatic heterocycles. The van der Waals surface area contributed by atoms with Crippen molar-refractivity contribution in [2.75, 3.05) is 26.2 Å². The van der Waals surface area contributed by atoms with E-state index >= 15 is 0 Å². The molecule has 2 N–H and O–H groups in total. The van der Waals surface area contributed by atoms with Crippen molar-refractivity contribution in [1.82, 2.24) is 9.31 Å². The van der Waals surface area contributed by atoms with E-state index in [2.05, 4.69) is 17.1 Å². The molecular weight excluding hydrogens is 396 g/mol. The zero-order chi connectivity index (χ0) is 18.9. The van der Waals surface area contributed by atoms with Crippen molar-refractivity contribution < 1.29 is 8.42 Å². The Morgan fingerprint density at radius 3 is 2.00 bits per heavy atom. The standard InChI is InChI=1S/C20H24N4O2S.ClH/c21-24-14-11-22-20(24)18-7-3-16(4-8-18)15-17-5-9-19(10-6-17)27(25,26)23-12-1-2-13-23;/h3-10H,1-2,11-15,21H2;1H. The fraction of sp³-hybridized carbons (Fsp3) is 0.350. The van der Waals surface area contributed by atoms with Gasteiger partial charge >= 0.3 is 0 Å². The van der Waals surface area contributed by atoms with Gasteiger partial charge in [0.15, 0.2) is 0 Å². The minimum Gasteiger partial charge on any atom is -0.293 e. The van der Waals surface area contributed by atoms with Gasteiger partial charge < -0.3 is 0 Å². The first-order valence-corrected chi connectivity index (χ1v) is 10.7. The summed E-state index contributed by atoms with van der Waals surface area (Å²) < 4.78 is 26.8. The van der Waals surface area contributed by atoms with Gasteiger partial charge in [0.25, 0.3) is 0 Å². The summed E-state index contributed by atoms with van der Waals surface area (Å²) in [4.78, 5) is 4.80. The van der Waals surface area contributed by atoms with Crippen LogP contribution in [0.5, 0.6) is 0 Å². The van der Waals surface area contributed by atoms with Crippen LogP contribution in [0.3, 0.4) is 0 Å². The van der Waals surface area contributed by atoms with Gasteiger partial charge in [-0.15, -0.1) is 12.4 Å². The molecule has 0 radical (unpaired) electrons. The number of benzene rings is 2. The van der Waals surface area contributed by atoms with E-state index in [1.807, 2.05) is 24.3 Å². The topological polar surface area (TPSA) is 79.0 Å². The third-order valence-corrected chi connectivity index (χ3v) is 7.03. The number of rotatable bonds is 5. The second-order valence-corrected chi connectivity index (χ2v) is 8.97. The van der Waals surface area contributed by atoms with E-state index in [4.69, 9.17) is 5.84 Å². The zero-order valence-corrected chi connectivity index (χ0v) is 17.3. The molecule has 6 nitrogen and oxygen atoms in total. The van der Waals surface area contributed by atoms with Gasteiger partial charge in [0.1, 0.15) is 5.84 Å². The van der Waals surface area contributed by atoms with Gasteiger partial charge in [-0.3, -0.25) is 10.0 Å². The molecule has 2 aromatic carbocycles. The zero-order valence-electron chi connectivity index (χ0n) is 15.6. The van der Waals surface area contributed by atoms with E-state index in [1.165, 1.54) is 0 Å². The second kappa shape index (κ2) is 8.61. The summed E-state index contributed by atoms with van der Waals surface area (Å²) in [5, 5.41) is 1.68. The maximum atomic E-state index is 12.6. The Labute approximate surface area is 172 Å². The Hall–Kier alpha value is -1.93. The molecule has 0 aromatic heterocycles. The van der Waals surface area contributed by atoms with Crippen molar-refractivity contribution in [3.63, 3.8) is 0 Å². The predicted octanol–water partition coefficient (Wildman–Crippen LogP) is 2.42. The minimum atomic E-state index is -3.34. The molecule has 0 atom stereocenters. The highest BCUT2D eigenvalue weighted by molar-refractivity contribution is 7.89. The maximum Gasteiger partial charge on any atom is 0.243 e. The van der Waals surface area contributed by atoms with Crippen LogP contribution in [0.1, 0.15) is 29.5 Å². The van der Waals surface area contributed by atoms with E-state index in [0.717, 1.165) is 54.9 Å². The summed E-state index contributed by atoms with van der Waals surface area (Å²) in [6.07, 6.45) is 2.65. The molecule has 0 amide bonds. The van der Waals surface area contributed by atoms with E-state index in [1.54, 1.807) is 21.4 Å². The van der Waals surface area contributed by atoms with E-state index in [0.29, 0.717) is 18.0 Å². The van der Waals surface area contributed by atoms with Crippen LogP contribution in [0.2, 0.25) is 0 Å². The van der Waals surface area contributed by atoms with Crippen LogP contribution in [0, 0.1) is 0 Å². The lowest BCUT2D eigenvalue weighted by Gasteiger charge is -2.15. The molecule has 1 saturated heterocycles. The molecule has 1 fully saturated rings. The van der Waals surface area contributed by atoms with Crippen molar-refractivity contribution in [2.45, 2.75) is 24.2 Å². The number of nitrogens with two attached hydrogens (primary N) is 1. The van der Waals surface area contributed by atoms with Crippen LogP contribution in [-0.4, -0.2) is 49.7 Å². The van der Waals surface area contributed by atoms with Gasteiger partial charge in [-0.05, 0) is 42.5 Å². The van der Waals surface area contributed by atoms with Crippen molar-refractivity contribution >= 4 is 28.3 Å². The highest BCUT2D eigenvalue weighted by atomic mass is 35.5. The summed E-state index contributed by atoms with van der Waals surface area (Å²) in [5.41, 5.74) is 3.27. The second-order valence-electron chi connectivity index (χ2n) is 7.03. The first-order valence-electron chi connectivity index (χ1n) is 9.29. The SMILES string of the molecule is Cl.NN1CCN=C1c1ccc(Cc2ccc(S(=O)(=O)N3CCCC3)cc2)cc1. The van der Waals surface area contributed by atoms with Crippen LogP contribution >= 0.6 is 12.4 Å². The third kappa shape index (κ3) is 4.22. The first kappa shape index (κ1) is 20.8. The first-order chi connectivity index (χ1) is 13.0. The number of aliphatic imine (C=N–C) groups is 1. The van der Waals surface area contributed by atoms with Gasteiger partial charge in [0.05, 0.1) is 18.0 Å². The Kier molecular flexibility index (Phi) is 6.40. The Balaban J connectivity index is 0.00000225. The molecule has 150 valence electrons. The van der Waals surface area contributed by atoms with E-state index < -0.39 is 10.0 Å². The number of hydrogen-bond donors (Lipinski definition) is 1. The molecule has 2 aromatic rings. The number of nitrogens with zero attached hydrogens (tertiary/aromatic N) is 3. The monoisotopic (exact) mass is 420 g/mol. The Morgan fingerprint density at radius 2 is 1.46 bits per heavy atom. The summed E-state index contributed by atoms with van der Waals surface area (Å²) in [5.74, 6) is 6.75. The number of halogens is 1. The third-order valence-electron chi connectivity index (χ3n) is 5.12.